The normalized spacial score (nSPS) is 27.1. The van der Waals surface area contributed by atoms with E-state index in [-0.39, 0.29) is 0 Å². The third-order valence-electron chi connectivity index (χ3n) is 4.95. The van der Waals surface area contributed by atoms with Crippen LogP contribution in [0.5, 0.6) is 0 Å². The molecule has 0 bridgehead atoms. The summed E-state index contributed by atoms with van der Waals surface area (Å²) in [5.41, 5.74) is 7.94. The SMILES string of the molecule is NCC1(CN2CCC(c3ccccc3)C2)CCC1. The van der Waals surface area contributed by atoms with Gasteiger partial charge in [-0.05, 0) is 49.2 Å². The van der Waals surface area contributed by atoms with Gasteiger partial charge >= 0.3 is 0 Å². The summed E-state index contributed by atoms with van der Waals surface area (Å²) in [6.45, 7) is 4.58. The van der Waals surface area contributed by atoms with Crippen molar-refractivity contribution in [3.8, 4) is 0 Å². The first-order chi connectivity index (χ1) is 8.81. The summed E-state index contributed by atoms with van der Waals surface area (Å²) in [7, 11) is 0. The molecule has 1 aromatic carbocycles. The maximum absolute atomic E-state index is 5.97. The van der Waals surface area contributed by atoms with Crippen LogP contribution < -0.4 is 5.73 Å². The van der Waals surface area contributed by atoms with Gasteiger partial charge < -0.3 is 10.6 Å². The Bertz CT molecular complexity index is 378. The number of nitrogens with zero attached hydrogens (tertiary/aromatic N) is 1. The van der Waals surface area contributed by atoms with Gasteiger partial charge in [-0.2, -0.15) is 0 Å². The Balaban J connectivity index is 1.59. The highest BCUT2D eigenvalue weighted by atomic mass is 15.2. The molecule has 2 heteroatoms. The maximum atomic E-state index is 5.97. The highest BCUT2D eigenvalue weighted by Gasteiger charge is 2.38. The first-order valence-corrected chi connectivity index (χ1v) is 7.29. The lowest BCUT2D eigenvalue weighted by molar-refractivity contribution is 0.0862. The van der Waals surface area contributed by atoms with Crippen LogP contribution in [0.3, 0.4) is 0 Å². The molecule has 3 rings (SSSR count). The molecule has 0 spiro atoms. The zero-order valence-electron chi connectivity index (χ0n) is 11.1. The Morgan fingerprint density at radius 3 is 2.61 bits per heavy atom. The van der Waals surface area contributed by atoms with Crippen LogP contribution in [0.15, 0.2) is 30.3 Å². The molecule has 0 aromatic heterocycles. The first kappa shape index (κ1) is 12.2. The van der Waals surface area contributed by atoms with Gasteiger partial charge in [-0.1, -0.05) is 36.8 Å². The predicted octanol–water partition coefficient (Wildman–Crippen LogP) is 2.60. The van der Waals surface area contributed by atoms with E-state index in [1.807, 2.05) is 0 Å². The average Bonchev–Trinajstić information content (AvgIpc) is 2.83. The van der Waals surface area contributed by atoms with Crippen LogP contribution in [0.2, 0.25) is 0 Å². The first-order valence-electron chi connectivity index (χ1n) is 7.29. The van der Waals surface area contributed by atoms with Crippen molar-refractivity contribution >= 4 is 0 Å². The van der Waals surface area contributed by atoms with E-state index in [0.717, 1.165) is 12.5 Å². The Morgan fingerprint density at radius 1 is 1.22 bits per heavy atom. The van der Waals surface area contributed by atoms with Crippen LogP contribution in [-0.2, 0) is 0 Å². The van der Waals surface area contributed by atoms with Crippen LogP contribution in [-0.4, -0.2) is 31.1 Å². The van der Waals surface area contributed by atoms with E-state index in [1.54, 1.807) is 0 Å². The number of hydrogen-bond donors (Lipinski definition) is 1. The Labute approximate surface area is 110 Å². The minimum absolute atomic E-state index is 0.464. The van der Waals surface area contributed by atoms with E-state index in [0.29, 0.717) is 5.41 Å². The summed E-state index contributed by atoms with van der Waals surface area (Å²) in [5, 5.41) is 0. The van der Waals surface area contributed by atoms with Gasteiger partial charge in [0.2, 0.25) is 0 Å². The molecule has 2 nitrogen and oxygen atoms in total. The van der Waals surface area contributed by atoms with Crippen molar-refractivity contribution in [3.05, 3.63) is 35.9 Å². The maximum Gasteiger partial charge on any atom is 0.00510 e. The molecule has 1 aliphatic carbocycles. The quantitative estimate of drug-likeness (QED) is 0.882. The van der Waals surface area contributed by atoms with E-state index >= 15 is 0 Å². The molecule has 2 N–H and O–H groups in total. The van der Waals surface area contributed by atoms with Gasteiger partial charge in [0.05, 0.1) is 0 Å². The van der Waals surface area contributed by atoms with Crippen molar-refractivity contribution in [1.82, 2.24) is 4.90 Å². The van der Waals surface area contributed by atoms with Crippen LogP contribution in [0.1, 0.15) is 37.2 Å². The van der Waals surface area contributed by atoms with Gasteiger partial charge in [0.1, 0.15) is 0 Å². The summed E-state index contributed by atoms with van der Waals surface area (Å²) in [6, 6.07) is 11.0. The van der Waals surface area contributed by atoms with Gasteiger partial charge in [-0.15, -0.1) is 0 Å². The monoisotopic (exact) mass is 244 g/mol. The van der Waals surface area contributed by atoms with Gasteiger partial charge in [-0.3, -0.25) is 0 Å². The van der Waals surface area contributed by atoms with Crippen LogP contribution in [0.25, 0.3) is 0 Å². The van der Waals surface area contributed by atoms with Gasteiger partial charge in [-0.25, -0.2) is 0 Å². The highest BCUT2D eigenvalue weighted by molar-refractivity contribution is 5.21. The molecule has 1 atom stereocenters. The molecular weight excluding hydrogens is 220 g/mol. The van der Waals surface area contributed by atoms with Gasteiger partial charge in [0.15, 0.2) is 0 Å². The van der Waals surface area contributed by atoms with Crippen molar-refractivity contribution in [3.63, 3.8) is 0 Å². The van der Waals surface area contributed by atoms with Gasteiger partial charge in [0.25, 0.3) is 0 Å². The second-order valence-electron chi connectivity index (χ2n) is 6.19. The van der Waals surface area contributed by atoms with Crippen LogP contribution >= 0.6 is 0 Å². The molecular formula is C16H24N2. The largest absolute Gasteiger partial charge is 0.330 e. The lowest BCUT2D eigenvalue weighted by atomic mass is 9.68. The zero-order valence-corrected chi connectivity index (χ0v) is 11.1. The minimum Gasteiger partial charge on any atom is -0.330 e. The number of benzene rings is 1. The molecule has 1 saturated carbocycles. The Hall–Kier alpha value is -0.860. The van der Waals surface area contributed by atoms with E-state index in [1.165, 1.54) is 50.9 Å². The lowest BCUT2D eigenvalue weighted by Gasteiger charge is -2.43. The fraction of sp³-hybridized carbons (Fsp3) is 0.625. The summed E-state index contributed by atoms with van der Waals surface area (Å²) >= 11 is 0. The number of nitrogens with two attached hydrogens (primary N) is 1. The number of likely N-dealkylation sites (tertiary alicyclic amines) is 1. The third kappa shape index (κ3) is 2.32. The van der Waals surface area contributed by atoms with Crippen LogP contribution in [0.4, 0.5) is 0 Å². The molecule has 2 fully saturated rings. The third-order valence-corrected chi connectivity index (χ3v) is 4.95. The minimum atomic E-state index is 0.464. The van der Waals surface area contributed by atoms with E-state index in [4.69, 9.17) is 5.73 Å². The summed E-state index contributed by atoms with van der Waals surface area (Å²) in [6.07, 6.45) is 5.38. The lowest BCUT2D eigenvalue weighted by Crippen LogP contribution is -2.46. The van der Waals surface area contributed by atoms with E-state index in [9.17, 15) is 0 Å². The fourth-order valence-electron chi connectivity index (χ4n) is 3.55. The van der Waals surface area contributed by atoms with Crippen molar-refractivity contribution < 1.29 is 0 Å². The van der Waals surface area contributed by atoms with Crippen molar-refractivity contribution in [1.29, 1.82) is 0 Å². The zero-order chi connectivity index (χ0) is 12.4. The average molecular weight is 244 g/mol. The fourth-order valence-corrected chi connectivity index (χ4v) is 3.55. The van der Waals surface area contributed by atoms with Crippen molar-refractivity contribution in [2.24, 2.45) is 11.1 Å². The second-order valence-corrected chi connectivity index (χ2v) is 6.19. The second kappa shape index (κ2) is 5.02. The van der Waals surface area contributed by atoms with Crippen molar-refractivity contribution in [2.45, 2.75) is 31.6 Å². The summed E-state index contributed by atoms with van der Waals surface area (Å²) in [5.74, 6) is 0.737. The molecule has 0 amide bonds. The molecule has 1 heterocycles. The molecule has 1 aromatic rings. The molecule has 98 valence electrons. The van der Waals surface area contributed by atoms with Crippen LogP contribution in [0, 0.1) is 5.41 Å². The topological polar surface area (TPSA) is 29.3 Å². The highest BCUT2D eigenvalue weighted by Crippen LogP contribution is 2.41. The van der Waals surface area contributed by atoms with E-state index in [2.05, 4.69) is 35.2 Å². The number of rotatable bonds is 4. The van der Waals surface area contributed by atoms with Crippen molar-refractivity contribution in [2.75, 3.05) is 26.2 Å². The van der Waals surface area contributed by atoms with E-state index < -0.39 is 0 Å². The predicted molar refractivity (Wildman–Crippen MR) is 75.6 cm³/mol. The molecule has 1 aliphatic heterocycles. The molecule has 1 saturated heterocycles. The van der Waals surface area contributed by atoms with Gasteiger partial charge in [0, 0.05) is 13.1 Å². The standard InChI is InChI=1S/C16H24N2/c17-12-16(8-4-9-16)13-18-10-7-15(11-18)14-5-2-1-3-6-14/h1-3,5-6,15H,4,7-13,17H2. The molecule has 0 radical (unpaired) electrons. The summed E-state index contributed by atoms with van der Waals surface area (Å²) in [4.78, 5) is 2.64. The number of hydrogen-bond acceptors (Lipinski definition) is 2. The molecule has 2 aliphatic rings. The summed E-state index contributed by atoms with van der Waals surface area (Å²) < 4.78 is 0. The smallest absolute Gasteiger partial charge is 0.00510 e. The Morgan fingerprint density at radius 2 is 2.00 bits per heavy atom. The molecule has 1 unspecified atom stereocenters. The molecule has 18 heavy (non-hydrogen) atoms. The Kier molecular flexibility index (Phi) is 3.40.